The van der Waals surface area contributed by atoms with Gasteiger partial charge in [0, 0.05) is 11.4 Å². The Kier molecular flexibility index (Phi) is 6.07. The molecule has 0 aliphatic heterocycles. The van der Waals surface area contributed by atoms with Gasteiger partial charge in [0.2, 0.25) is 5.91 Å². The lowest BCUT2D eigenvalue weighted by molar-refractivity contribution is -0.116. The first-order valence-corrected chi connectivity index (χ1v) is 7.58. The van der Waals surface area contributed by atoms with E-state index in [-0.39, 0.29) is 24.5 Å². The topological polar surface area (TPSA) is 58.6 Å². The standard InChI is InChI=1S/C16H14Cl2FNO3/c17-10-6-7-14(11(18)9-10)23-8-2-5-15(22)20-16-12(19)3-1-4-13(16)21/h1,3-4,6-7,9,21H,2,5,8H2,(H,20,22). The highest BCUT2D eigenvalue weighted by Gasteiger charge is 2.11. The fourth-order valence-electron chi connectivity index (χ4n) is 1.85. The lowest BCUT2D eigenvalue weighted by Crippen LogP contribution is -2.14. The highest BCUT2D eigenvalue weighted by molar-refractivity contribution is 6.35. The number of aromatic hydroxyl groups is 1. The molecule has 2 aromatic rings. The average molecular weight is 358 g/mol. The summed E-state index contributed by atoms with van der Waals surface area (Å²) in [5.41, 5.74) is -0.223. The summed E-state index contributed by atoms with van der Waals surface area (Å²) in [5, 5.41) is 12.7. The Morgan fingerprint density at radius 3 is 2.74 bits per heavy atom. The second kappa shape index (κ2) is 8.04. The average Bonchev–Trinajstić information content (AvgIpc) is 2.49. The van der Waals surface area contributed by atoms with Gasteiger partial charge in [-0.3, -0.25) is 4.79 Å². The largest absolute Gasteiger partial charge is 0.506 e. The molecular formula is C16H14Cl2FNO3. The first-order valence-electron chi connectivity index (χ1n) is 6.82. The SMILES string of the molecule is O=C(CCCOc1ccc(Cl)cc1Cl)Nc1c(O)cccc1F. The van der Waals surface area contributed by atoms with E-state index in [0.29, 0.717) is 22.2 Å². The molecule has 0 saturated heterocycles. The minimum Gasteiger partial charge on any atom is -0.506 e. The molecule has 0 spiro atoms. The van der Waals surface area contributed by atoms with Gasteiger partial charge >= 0.3 is 0 Å². The van der Waals surface area contributed by atoms with Crippen molar-refractivity contribution < 1.29 is 19.0 Å². The highest BCUT2D eigenvalue weighted by Crippen LogP contribution is 2.28. The van der Waals surface area contributed by atoms with Crippen LogP contribution >= 0.6 is 23.2 Å². The van der Waals surface area contributed by atoms with Crippen LogP contribution in [0.1, 0.15) is 12.8 Å². The molecule has 0 aliphatic carbocycles. The van der Waals surface area contributed by atoms with E-state index in [0.717, 1.165) is 6.07 Å². The Bertz CT molecular complexity index is 689. The smallest absolute Gasteiger partial charge is 0.224 e. The van der Waals surface area contributed by atoms with Gasteiger partial charge in [-0.05, 0) is 36.8 Å². The Labute approximate surface area is 142 Å². The summed E-state index contributed by atoms with van der Waals surface area (Å²) in [5.74, 6) is -0.954. The van der Waals surface area contributed by atoms with Crippen molar-refractivity contribution in [1.29, 1.82) is 0 Å². The van der Waals surface area contributed by atoms with E-state index >= 15 is 0 Å². The molecule has 0 saturated carbocycles. The number of ether oxygens (including phenoxy) is 1. The monoisotopic (exact) mass is 357 g/mol. The third-order valence-corrected chi connectivity index (χ3v) is 3.49. The van der Waals surface area contributed by atoms with Gasteiger partial charge in [-0.1, -0.05) is 29.3 Å². The van der Waals surface area contributed by atoms with Crippen LogP contribution in [-0.4, -0.2) is 17.6 Å². The number of benzene rings is 2. The predicted octanol–water partition coefficient (Wildman–Crippen LogP) is 4.64. The lowest BCUT2D eigenvalue weighted by Gasteiger charge is -2.10. The zero-order valence-electron chi connectivity index (χ0n) is 12.0. The van der Waals surface area contributed by atoms with E-state index in [2.05, 4.69) is 5.32 Å². The molecular weight excluding hydrogens is 344 g/mol. The van der Waals surface area contributed by atoms with Crippen molar-refractivity contribution >= 4 is 34.8 Å². The molecule has 0 aromatic heterocycles. The number of hydrogen-bond acceptors (Lipinski definition) is 3. The van der Waals surface area contributed by atoms with Crippen LogP contribution in [0.4, 0.5) is 10.1 Å². The number of hydrogen-bond donors (Lipinski definition) is 2. The Hall–Kier alpha value is -1.98. The number of amides is 1. The maximum absolute atomic E-state index is 13.5. The molecule has 2 rings (SSSR count). The van der Waals surface area contributed by atoms with Crippen molar-refractivity contribution in [1.82, 2.24) is 0 Å². The van der Waals surface area contributed by atoms with E-state index < -0.39 is 11.7 Å². The first kappa shape index (κ1) is 17.4. The molecule has 2 N–H and O–H groups in total. The van der Waals surface area contributed by atoms with Crippen molar-refractivity contribution in [2.24, 2.45) is 0 Å². The Morgan fingerprint density at radius 2 is 2.04 bits per heavy atom. The summed E-state index contributed by atoms with van der Waals surface area (Å²) in [4.78, 5) is 11.8. The number of nitrogens with one attached hydrogen (secondary N) is 1. The predicted molar refractivity (Wildman–Crippen MR) is 87.9 cm³/mol. The molecule has 0 aliphatic rings. The zero-order chi connectivity index (χ0) is 16.8. The van der Waals surface area contributed by atoms with E-state index in [4.69, 9.17) is 27.9 Å². The number of carbonyl (C=O) groups is 1. The summed E-state index contributed by atoms with van der Waals surface area (Å²) < 4.78 is 18.9. The molecule has 0 heterocycles. The van der Waals surface area contributed by atoms with Crippen molar-refractivity contribution in [3.05, 3.63) is 52.3 Å². The summed E-state index contributed by atoms with van der Waals surface area (Å²) in [6.45, 7) is 0.262. The molecule has 7 heteroatoms. The molecule has 2 aromatic carbocycles. The number of carbonyl (C=O) groups excluding carboxylic acids is 1. The van der Waals surface area contributed by atoms with Gasteiger partial charge in [0.1, 0.15) is 17.2 Å². The second-order valence-electron chi connectivity index (χ2n) is 4.71. The first-order chi connectivity index (χ1) is 11.0. The minimum atomic E-state index is -0.692. The van der Waals surface area contributed by atoms with E-state index in [1.165, 1.54) is 12.1 Å². The number of phenolic OH excluding ortho intramolecular Hbond substituents is 1. The molecule has 0 radical (unpaired) electrons. The van der Waals surface area contributed by atoms with Gasteiger partial charge in [0.15, 0.2) is 5.82 Å². The number of anilines is 1. The van der Waals surface area contributed by atoms with E-state index in [1.807, 2.05) is 0 Å². The van der Waals surface area contributed by atoms with Crippen molar-refractivity contribution in [3.8, 4) is 11.5 Å². The molecule has 1 amide bonds. The molecule has 122 valence electrons. The second-order valence-corrected chi connectivity index (χ2v) is 5.55. The van der Waals surface area contributed by atoms with Gasteiger partial charge in [-0.2, -0.15) is 0 Å². The molecule has 0 bridgehead atoms. The Morgan fingerprint density at radius 1 is 1.26 bits per heavy atom. The summed E-state index contributed by atoms with van der Waals surface area (Å²) in [7, 11) is 0. The quantitative estimate of drug-likeness (QED) is 0.584. The molecule has 23 heavy (non-hydrogen) atoms. The van der Waals surface area contributed by atoms with Gasteiger partial charge in [0.05, 0.1) is 11.6 Å². The molecule has 0 unspecified atom stereocenters. The zero-order valence-corrected chi connectivity index (χ0v) is 13.5. The fraction of sp³-hybridized carbons (Fsp3) is 0.188. The summed E-state index contributed by atoms with van der Waals surface area (Å²) in [6.07, 6.45) is 0.513. The Balaban J connectivity index is 1.79. The normalized spacial score (nSPS) is 10.4. The molecule has 0 atom stereocenters. The van der Waals surface area contributed by atoms with Crippen LogP contribution in [0, 0.1) is 5.82 Å². The molecule has 0 fully saturated rings. The van der Waals surface area contributed by atoms with Gasteiger partial charge < -0.3 is 15.2 Å². The van der Waals surface area contributed by atoms with Gasteiger partial charge in [-0.15, -0.1) is 0 Å². The van der Waals surface area contributed by atoms with Crippen molar-refractivity contribution in [3.63, 3.8) is 0 Å². The van der Waals surface area contributed by atoms with Gasteiger partial charge in [0.25, 0.3) is 0 Å². The van der Waals surface area contributed by atoms with Crippen LogP contribution in [0.15, 0.2) is 36.4 Å². The third-order valence-electron chi connectivity index (χ3n) is 2.96. The van der Waals surface area contributed by atoms with E-state index in [9.17, 15) is 14.3 Å². The summed E-state index contributed by atoms with van der Waals surface area (Å²) >= 11 is 11.7. The van der Waals surface area contributed by atoms with Crippen LogP contribution in [0.5, 0.6) is 11.5 Å². The fourth-order valence-corrected chi connectivity index (χ4v) is 2.31. The van der Waals surface area contributed by atoms with Gasteiger partial charge in [-0.25, -0.2) is 4.39 Å². The van der Waals surface area contributed by atoms with Crippen LogP contribution in [0.2, 0.25) is 10.0 Å². The lowest BCUT2D eigenvalue weighted by atomic mass is 10.2. The van der Waals surface area contributed by atoms with Crippen LogP contribution in [0.25, 0.3) is 0 Å². The highest BCUT2D eigenvalue weighted by atomic mass is 35.5. The van der Waals surface area contributed by atoms with Crippen LogP contribution < -0.4 is 10.1 Å². The van der Waals surface area contributed by atoms with Crippen LogP contribution in [0.3, 0.4) is 0 Å². The number of rotatable bonds is 6. The third kappa shape index (κ3) is 5.01. The minimum absolute atomic E-state index is 0.110. The number of halogens is 3. The maximum atomic E-state index is 13.5. The number of phenols is 1. The van der Waals surface area contributed by atoms with Crippen molar-refractivity contribution in [2.75, 3.05) is 11.9 Å². The summed E-state index contributed by atoms with van der Waals surface area (Å²) in [6, 6.07) is 8.65. The van der Waals surface area contributed by atoms with Crippen LogP contribution in [-0.2, 0) is 4.79 Å². The maximum Gasteiger partial charge on any atom is 0.224 e. The number of para-hydroxylation sites is 1. The van der Waals surface area contributed by atoms with Crippen molar-refractivity contribution in [2.45, 2.75) is 12.8 Å². The molecule has 4 nitrogen and oxygen atoms in total. The van der Waals surface area contributed by atoms with E-state index in [1.54, 1.807) is 18.2 Å².